The van der Waals surface area contributed by atoms with Gasteiger partial charge < -0.3 is 10.2 Å². The molecule has 1 saturated heterocycles. The predicted octanol–water partition coefficient (Wildman–Crippen LogP) is 4.95. The maximum atomic E-state index is 14.4. The van der Waals surface area contributed by atoms with Crippen molar-refractivity contribution in [3.05, 3.63) is 95.6 Å². The molecule has 2 aliphatic rings. The highest BCUT2D eigenvalue weighted by Crippen LogP contribution is 2.54. The second-order valence-corrected chi connectivity index (χ2v) is 8.84. The largest absolute Gasteiger partial charge is 0.323 e. The van der Waals surface area contributed by atoms with E-state index >= 15 is 0 Å². The zero-order chi connectivity index (χ0) is 22.3. The number of fused-ring (bicyclic) bond motifs is 2. The van der Waals surface area contributed by atoms with Crippen molar-refractivity contribution >= 4 is 35.1 Å². The van der Waals surface area contributed by atoms with Gasteiger partial charge >= 0.3 is 6.03 Å². The van der Waals surface area contributed by atoms with Crippen LogP contribution in [0.3, 0.4) is 0 Å². The summed E-state index contributed by atoms with van der Waals surface area (Å²) in [7, 11) is 0. The highest BCUT2D eigenvalue weighted by atomic mass is 32.2. The molecule has 1 N–H and O–H groups in total. The summed E-state index contributed by atoms with van der Waals surface area (Å²) < 4.78 is 28.7. The van der Waals surface area contributed by atoms with Crippen LogP contribution >= 0.6 is 11.8 Å². The van der Waals surface area contributed by atoms with Crippen molar-refractivity contribution in [2.24, 2.45) is 0 Å². The Morgan fingerprint density at radius 1 is 0.969 bits per heavy atom. The van der Waals surface area contributed by atoms with Gasteiger partial charge in [-0.1, -0.05) is 42.5 Å². The lowest BCUT2D eigenvalue weighted by atomic mass is 10.1. The normalized spacial score (nSPS) is 19.5. The third-order valence-corrected chi connectivity index (χ3v) is 7.17. The Bertz CT molecular complexity index is 1190. The molecule has 2 heterocycles. The monoisotopic (exact) mass is 451 g/mol. The van der Waals surface area contributed by atoms with Gasteiger partial charge in [0.15, 0.2) is 4.87 Å². The van der Waals surface area contributed by atoms with E-state index in [1.54, 1.807) is 36.4 Å². The minimum absolute atomic E-state index is 0.184. The number of thioether (sulfide) groups is 1. The Morgan fingerprint density at radius 2 is 1.66 bits per heavy atom. The van der Waals surface area contributed by atoms with Crippen LogP contribution in [-0.4, -0.2) is 29.1 Å². The molecular weight excluding hydrogens is 432 g/mol. The maximum absolute atomic E-state index is 14.4. The Kier molecular flexibility index (Phi) is 5.09. The highest BCUT2D eigenvalue weighted by Gasteiger charge is 2.59. The fourth-order valence-corrected chi connectivity index (χ4v) is 5.74. The lowest BCUT2D eigenvalue weighted by Crippen LogP contribution is -2.51. The number of para-hydroxylation sites is 2. The number of anilines is 2. The minimum Gasteiger partial charge on any atom is -0.308 e. The number of urea groups is 1. The quantitative estimate of drug-likeness (QED) is 0.613. The van der Waals surface area contributed by atoms with Gasteiger partial charge in [0.25, 0.3) is 5.91 Å². The molecule has 162 valence electrons. The fourth-order valence-electron chi connectivity index (χ4n) is 4.28. The number of halogens is 2. The smallest absolute Gasteiger partial charge is 0.308 e. The van der Waals surface area contributed by atoms with Gasteiger partial charge in [0.05, 0.1) is 12.2 Å². The van der Waals surface area contributed by atoms with Crippen molar-refractivity contribution in [2.75, 3.05) is 22.5 Å². The lowest BCUT2D eigenvalue weighted by Gasteiger charge is -2.33. The first kappa shape index (κ1) is 20.5. The second kappa shape index (κ2) is 7.94. The van der Waals surface area contributed by atoms with Crippen LogP contribution in [0.25, 0.3) is 0 Å². The number of nitrogens with one attached hydrogen (secondary N) is 1. The van der Waals surface area contributed by atoms with Gasteiger partial charge in [0, 0.05) is 29.1 Å². The summed E-state index contributed by atoms with van der Waals surface area (Å²) in [5.74, 6) is -1.25. The molecule has 0 bridgehead atoms. The maximum Gasteiger partial charge on any atom is 0.323 e. The molecule has 2 aliphatic heterocycles. The standard InChI is InChI=1S/C24H19F2N3O2S/c25-19-10-6-11-20(26)17(19)15-28-21-12-5-4-9-18(21)24(22(28)30)29(13-14-32-24)23(31)27-16-7-2-1-3-8-16/h1-12H,13-15H2,(H,27,31)/t24-/m0/s1. The molecule has 1 atom stereocenters. The molecule has 3 aromatic rings. The van der Waals surface area contributed by atoms with Crippen LogP contribution in [-0.2, 0) is 16.2 Å². The first-order valence-electron chi connectivity index (χ1n) is 10.1. The molecule has 3 aromatic carbocycles. The first-order valence-corrected chi connectivity index (χ1v) is 11.1. The molecule has 0 aliphatic carbocycles. The van der Waals surface area contributed by atoms with Crippen LogP contribution in [0.4, 0.5) is 25.0 Å². The number of carbonyl (C=O) groups is 2. The molecule has 0 radical (unpaired) electrons. The van der Waals surface area contributed by atoms with E-state index in [-0.39, 0.29) is 18.0 Å². The summed E-state index contributed by atoms with van der Waals surface area (Å²) in [6.45, 7) is 0.107. The molecule has 0 aromatic heterocycles. The number of rotatable bonds is 3. The Balaban J connectivity index is 1.54. The van der Waals surface area contributed by atoms with Crippen LogP contribution in [0.1, 0.15) is 11.1 Å². The SMILES string of the molecule is O=C(Nc1ccccc1)N1CCS[C@@]12C(=O)N(Cc1c(F)cccc1F)c1ccccc12. The summed E-state index contributed by atoms with van der Waals surface area (Å²) in [5.41, 5.74) is 1.63. The summed E-state index contributed by atoms with van der Waals surface area (Å²) in [4.78, 5) is 28.6. The molecule has 0 saturated carbocycles. The van der Waals surface area contributed by atoms with Crippen LogP contribution in [0, 0.1) is 11.6 Å². The van der Waals surface area contributed by atoms with Crippen LogP contribution in [0.2, 0.25) is 0 Å². The van der Waals surface area contributed by atoms with Gasteiger partial charge in [-0.3, -0.25) is 9.69 Å². The van der Waals surface area contributed by atoms with E-state index in [0.717, 1.165) is 0 Å². The van der Waals surface area contributed by atoms with Crippen molar-refractivity contribution in [1.29, 1.82) is 0 Å². The zero-order valence-corrected chi connectivity index (χ0v) is 17.7. The first-order chi connectivity index (χ1) is 15.5. The second-order valence-electron chi connectivity index (χ2n) is 7.55. The molecule has 1 fully saturated rings. The van der Waals surface area contributed by atoms with Gasteiger partial charge in [-0.05, 0) is 30.3 Å². The summed E-state index contributed by atoms with van der Waals surface area (Å²) >= 11 is 1.36. The van der Waals surface area contributed by atoms with Crippen molar-refractivity contribution in [3.63, 3.8) is 0 Å². The molecule has 3 amide bonds. The molecule has 32 heavy (non-hydrogen) atoms. The Hall–Kier alpha value is -3.39. The van der Waals surface area contributed by atoms with E-state index in [1.807, 2.05) is 18.2 Å². The molecule has 8 heteroatoms. The number of carbonyl (C=O) groups excluding carboxylic acids is 2. The van der Waals surface area contributed by atoms with Crippen molar-refractivity contribution in [3.8, 4) is 0 Å². The summed E-state index contributed by atoms with van der Waals surface area (Å²) in [6.07, 6.45) is 0. The summed E-state index contributed by atoms with van der Waals surface area (Å²) in [6, 6.07) is 19.3. The number of nitrogens with zero attached hydrogens (tertiary/aromatic N) is 2. The van der Waals surface area contributed by atoms with E-state index in [1.165, 1.54) is 39.8 Å². The van der Waals surface area contributed by atoms with Gasteiger partial charge in [-0.25, -0.2) is 13.6 Å². The van der Waals surface area contributed by atoms with Crippen molar-refractivity contribution < 1.29 is 18.4 Å². The predicted molar refractivity (Wildman–Crippen MR) is 120 cm³/mol. The van der Waals surface area contributed by atoms with Crippen LogP contribution in [0.15, 0.2) is 72.8 Å². The number of hydrogen-bond acceptors (Lipinski definition) is 3. The number of amides is 3. The average Bonchev–Trinajstić information content (AvgIpc) is 3.34. The van der Waals surface area contributed by atoms with Crippen molar-refractivity contribution in [1.82, 2.24) is 4.90 Å². The van der Waals surface area contributed by atoms with Gasteiger partial charge in [0.1, 0.15) is 11.6 Å². The zero-order valence-electron chi connectivity index (χ0n) is 16.9. The van der Waals surface area contributed by atoms with Crippen molar-refractivity contribution in [2.45, 2.75) is 11.4 Å². The Morgan fingerprint density at radius 3 is 2.41 bits per heavy atom. The molecule has 1 spiro atoms. The molecule has 5 nitrogen and oxygen atoms in total. The molecule has 0 unspecified atom stereocenters. The van der Waals surface area contributed by atoms with Crippen LogP contribution in [0.5, 0.6) is 0 Å². The fraction of sp³-hybridized carbons (Fsp3) is 0.167. The van der Waals surface area contributed by atoms with E-state index in [2.05, 4.69) is 5.32 Å². The lowest BCUT2D eigenvalue weighted by molar-refractivity contribution is -0.123. The van der Waals surface area contributed by atoms with Gasteiger partial charge in [-0.15, -0.1) is 11.8 Å². The third kappa shape index (κ3) is 3.14. The van der Waals surface area contributed by atoms with E-state index < -0.39 is 22.5 Å². The Labute approximate surface area is 188 Å². The average molecular weight is 451 g/mol. The van der Waals surface area contributed by atoms with E-state index in [4.69, 9.17) is 0 Å². The minimum atomic E-state index is -1.28. The topological polar surface area (TPSA) is 52.7 Å². The van der Waals surface area contributed by atoms with E-state index in [0.29, 0.717) is 29.2 Å². The molecule has 5 rings (SSSR count). The third-order valence-electron chi connectivity index (χ3n) is 5.75. The van der Waals surface area contributed by atoms with Gasteiger partial charge in [-0.2, -0.15) is 0 Å². The van der Waals surface area contributed by atoms with E-state index in [9.17, 15) is 18.4 Å². The molecular formula is C24H19F2N3O2S. The number of benzene rings is 3. The number of hydrogen-bond donors (Lipinski definition) is 1. The van der Waals surface area contributed by atoms with Crippen LogP contribution < -0.4 is 10.2 Å². The van der Waals surface area contributed by atoms with Gasteiger partial charge in [0.2, 0.25) is 0 Å². The highest BCUT2D eigenvalue weighted by molar-refractivity contribution is 8.01. The summed E-state index contributed by atoms with van der Waals surface area (Å²) in [5, 5.41) is 2.85.